The van der Waals surface area contributed by atoms with E-state index >= 15 is 0 Å². The van der Waals surface area contributed by atoms with E-state index in [1.165, 1.54) is 0 Å². The van der Waals surface area contributed by atoms with Gasteiger partial charge in [-0.15, -0.1) is 0 Å². The van der Waals surface area contributed by atoms with Gasteiger partial charge in [0, 0.05) is 0 Å². The molecule has 0 aromatic heterocycles. The first kappa shape index (κ1) is 19.0. The molecular formula is C17H14Cl2OS2Se. The van der Waals surface area contributed by atoms with Crippen molar-refractivity contribution in [1.82, 2.24) is 0 Å². The normalized spacial score (nSPS) is 10.4. The Labute approximate surface area is 161 Å². The zero-order valence-electron chi connectivity index (χ0n) is 12.5. The molecule has 0 radical (unpaired) electrons. The Hall–Kier alpha value is -0.351. The minimum atomic E-state index is -0.156. The second-order valence-electron chi connectivity index (χ2n) is 4.39. The molecule has 6 heteroatoms. The first-order chi connectivity index (χ1) is 11.1. The Balaban J connectivity index is 2.43. The summed E-state index contributed by atoms with van der Waals surface area (Å²) in [5.74, 6) is 0.0419. The number of allylic oxidation sites excluding steroid dienone is 1. The van der Waals surface area contributed by atoms with Crippen molar-refractivity contribution >= 4 is 71.9 Å². The topological polar surface area (TPSA) is 17.1 Å². The summed E-state index contributed by atoms with van der Waals surface area (Å²) in [7, 11) is 0. The molecule has 0 amide bonds. The SMILES string of the molecule is CSC(SC)=C([Se]c1ccccc1Cl)C(=O)c1ccc(Cl)cc1. The van der Waals surface area contributed by atoms with Gasteiger partial charge in [0.2, 0.25) is 0 Å². The van der Waals surface area contributed by atoms with Gasteiger partial charge in [-0.05, 0) is 0 Å². The Kier molecular flexibility index (Phi) is 7.61. The van der Waals surface area contributed by atoms with Crippen molar-refractivity contribution in [3.05, 3.63) is 72.8 Å². The Morgan fingerprint density at radius 3 is 2.13 bits per heavy atom. The molecule has 0 N–H and O–H groups in total. The predicted octanol–water partition coefficient (Wildman–Crippen LogP) is 5.10. The van der Waals surface area contributed by atoms with Gasteiger partial charge in [-0.3, -0.25) is 0 Å². The number of halogens is 2. The van der Waals surface area contributed by atoms with E-state index < -0.39 is 0 Å². The van der Waals surface area contributed by atoms with E-state index in [1.807, 2.05) is 36.8 Å². The van der Waals surface area contributed by atoms with Crippen LogP contribution in [-0.4, -0.2) is 33.3 Å². The van der Waals surface area contributed by atoms with E-state index in [-0.39, 0.29) is 20.7 Å². The second kappa shape index (κ2) is 9.22. The van der Waals surface area contributed by atoms with Gasteiger partial charge in [0.25, 0.3) is 0 Å². The Morgan fingerprint density at radius 2 is 1.57 bits per heavy atom. The number of thioether (sulfide) groups is 2. The van der Waals surface area contributed by atoms with Gasteiger partial charge in [-0.2, -0.15) is 0 Å². The number of rotatable bonds is 6. The van der Waals surface area contributed by atoms with Crippen LogP contribution < -0.4 is 4.46 Å². The summed E-state index contributed by atoms with van der Waals surface area (Å²) in [4.78, 5) is 13.0. The van der Waals surface area contributed by atoms with Gasteiger partial charge in [0.15, 0.2) is 0 Å². The number of hydrogen-bond donors (Lipinski definition) is 0. The maximum atomic E-state index is 13.0. The quantitative estimate of drug-likeness (QED) is 0.348. The van der Waals surface area contributed by atoms with Crippen LogP contribution in [-0.2, 0) is 0 Å². The molecule has 0 bridgehead atoms. The fraction of sp³-hybridized carbons (Fsp3) is 0.118. The standard InChI is InChI=1S/C17H14Cl2OS2Se/c1-21-17(22-2)16(23-14-6-4-3-5-13(14)19)15(20)11-7-9-12(18)10-8-11/h3-10H,1-2H3. The number of benzene rings is 2. The molecule has 2 rings (SSSR count). The third-order valence-corrected chi connectivity index (χ3v) is 8.94. The predicted molar refractivity (Wildman–Crippen MR) is 107 cm³/mol. The molecule has 0 aliphatic rings. The van der Waals surface area contributed by atoms with Crippen LogP contribution in [0.3, 0.4) is 0 Å². The van der Waals surface area contributed by atoms with Crippen LogP contribution >= 0.6 is 46.7 Å². The van der Waals surface area contributed by atoms with Crippen molar-refractivity contribution in [3.8, 4) is 0 Å². The van der Waals surface area contributed by atoms with E-state index in [2.05, 4.69) is 0 Å². The molecule has 23 heavy (non-hydrogen) atoms. The minimum absolute atomic E-state index is 0.0419. The first-order valence-corrected chi connectivity index (χ1v) is 11.5. The molecule has 0 saturated carbocycles. The summed E-state index contributed by atoms with van der Waals surface area (Å²) < 4.78 is 2.87. The molecule has 0 saturated heterocycles. The van der Waals surface area contributed by atoms with Gasteiger partial charge < -0.3 is 0 Å². The van der Waals surface area contributed by atoms with Crippen LogP contribution in [0.15, 0.2) is 57.2 Å². The van der Waals surface area contributed by atoms with Gasteiger partial charge in [-0.1, -0.05) is 0 Å². The summed E-state index contributed by atoms with van der Waals surface area (Å²) in [5, 5.41) is 1.33. The van der Waals surface area contributed by atoms with E-state index in [4.69, 9.17) is 23.2 Å². The fourth-order valence-corrected chi connectivity index (χ4v) is 6.72. The molecule has 2 aromatic carbocycles. The molecule has 0 aliphatic carbocycles. The molecule has 1 nitrogen and oxygen atoms in total. The third kappa shape index (κ3) is 5.06. The average molecular weight is 448 g/mol. The van der Waals surface area contributed by atoms with Crippen LogP contribution in [0.5, 0.6) is 0 Å². The molecule has 0 spiro atoms. The van der Waals surface area contributed by atoms with Crippen LogP contribution in [0, 0.1) is 0 Å². The van der Waals surface area contributed by atoms with Crippen molar-refractivity contribution in [2.24, 2.45) is 0 Å². The number of ketones is 1. The van der Waals surface area contributed by atoms with E-state index in [0.717, 1.165) is 13.2 Å². The van der Waals surface area contributed by atoms with Crippen molar-refractivity contribution in [2.45, 2.75) is 0 Å². The molecule has 2 aromatic rings. The van der Waals surface area contributed by atoms with Gasteiger partial charge in [-0.25, -0.2) is 0 Å². The molecule has 0 unspecified atom stereocenters. The van der Waals surface area contributed by atoms with Crippen LogP contribution in [0.1, 0.15) is 10.4 Å². The molecular weight excluding hydrogens is 434 g/mol. The first-order valence-electron chi connectivity index (χ1n) is 6.61. The molecule has 120 valence electrons. The number of carbonyl (C=O) groups excluding carboxylic acids is 1. The van der Waals surface area contributed by atoms with Crippen LogP contribution in [0.4, 0.5) is 0 Å². The van der Waals surface area contributed by atoms with E-state index in [9.17, 15) is 4.79 Å². The molecule has 0 atom stereocenters. The van der Waals surface area contributed by atoms with Crippen molar-refractivity contribution in [2.75, 3.05) is 12.5 Å². The summed E-state index contributed by atoms with van der Waals surface area (Å²) in [6, 6.07) is 14.7. The van der Waals surface area contributed by atoms with E-state index in [0.29, 0.717) is 15.6 Å². The third-order valence-electron chi connectivity index (χ3n) is 2.92. The molecule has 0 heterocycles. The number of hydrogen-bond acceptors (Lipinski definition) is 3. The second-order valence-corrected chi connectivity index (χ2v) is 9.34. The summed E-state index contributed by atoms with van der Waals surface area (Å²) in [6.07, 6.45) is 3.98. The van der Waals surface area contributed by atoms with Crippen molar-refractivity contribution < 1.29 is 4.79 Å². The van der Waals surface area contributed by atoms with Gasteiger partial charge in [0.05, 0.1) is 0 Å². The van der Waals surface area contributed by atoms with Crippen LogP contribution in [0.2, 0.25) is 10.0 Å². The summed E-state index contributed by atoms with van der Waals surface area (Å²) in [6.45, 7) is 0. The summed E-state index contributed by atoms with van der Waals surface area (Å²) in [5.41, 5.74) is 0.652. The maximum absolute atomic E-state index is 13.0. The van der Waals surface area contributed by atoms with Crippen molar-refractivity contribution in [3.63, 3.8) is 0 Å². The van der Waals surface area contributed by atoms with Gasteiger partial charge >= 0.3 is 162 Å². The zero-order valence-corrected chi connectivity index (χ0v) is 17.4. The Bertz CT molecular complexity index is 724. The summed E-state index contributed by atoms with van der Waals surface area (Å²) >= 11 is 15.2. The van der Waals surface area contributed by atoms with Gasteiger partial charge in [0.1, 0.15) is 0 Å². The monoisotopic (exact) mass is 448 g/mol. The number of Topliss-reactive ketones (excluding diaryl/α,β-unsaturated/α-hetero) is 1. The Morgan fingerprint density at radius 1 is 0.957 bits per heavy atom. The fourth-order valence-electron chi connectivity index (χ4n) is 1.82. The van der Waals surface area contributed by atoms with Crippen LogP contribution in [0.25, 0.3) is 0 Å². The average Bonchev–Trinajstić information content (AvgIpc) is 2.57. The zero-order chi connectivity index (χ0) is 16.8. The number of carbonyl (C=O) groups is 1. The van der Waals surface area contributed by atoms with Crippen molar-refractivity contribution in [1.29, 1.82) is 0 Å². The molecule has 0 aliphatic heterocycles. The molecule has 0 fully saturated rings. The van der Waals surface area contributed by atoms with E-state index in [1.54, 1.807) is 47.8 Å².